The Labute approximate surface area is 173 Å². The first kappa shape index (κ1) is 18.7. The molecular weight excluding hydrogens is 348 g/mol. The quantitative estimate of drug-likeness (QED) is 0.303. The van der Waals surface area contributed by atoms with Crippen molar-refractivity contribution in [1.82, 2.24) is 0 Å². The van der Waals surface area contributed by atoms with Crippen LogP contribution in [0, 0.1) is 0 Å². The summed E-state index contributed by atoms with van der Waals surface area (Å²) < 4.78 is 0. The van der Waals surface area contributed by atoms with Gasteiger partial charge in [-0.2, -0.15) is 0 Å². The summed E-state index contributed by atoms with van der Waals surface area (Å²) in [6.07, 6.45) is 5.50. The van der Waals surface area contributed by atoms with Gasteiger partial charge in [0.05, 0.1) is 0 Å². The van der Waals surface area contributed by atoms with E-state index >= 15 is 0 Å². The van der Waals surface area contributed by atoms with Gasteiger partial charge in [-0.3, -0.25) is 0 Å². The molecule has 0 saturated carbocycles. The van der Waals surface area contributed by atoms with Crippen LogP contribution in [-0.4, -0.2) is 0 Å². The van der Waals surface area contributed by atoms with E-state index in [0.29, 0.717) is 0 Å². The molecule has 0 amide bonds. The van der Waals surface area contributed by atoms with Crippen LogP contribution in [0.5, 0.6) is 0 Å². The second-order valence-electron chi connectivity index (χ2n) is 7.00. The maximum atomic E-state index is 2.35. The van der Waals surface area contributed by atoms with Crippen molar-refractivity contribution in [2.75, 3.05) is 0 Å². The van der Waals surface area contributed by atoms with Gasteiger partial charge in [0, 0.05) is 0 Å². The molecule has 0 aromatic heterocycles. The largest absolute Gasteiger partial charge is 0.0716 e. The fraction of sp³-hybridized carbons (Fsp3) is 0.0345. The Morgan fingerprint density at radius 2 is 0.897 bits per heavy atom. The van der Waals surface area contributed by atoms with Gasteiger partial charge < -0.3 is 0 Å². The Morgan fingerprint density at radius 1 is 0.483 bits per heavy atom. The fourth-order valence-electron chi connectivity index (χ4n) is 3.51. The Kier molecular flexibility index (Phi) is 6.14. The Bertz CT molecular complexity index is 1030. The zero-order valence-electron chi connectivity index (χ0n) is 16.4. The molecule has 0 spiro atoms. The highest BCUT2D eigenvalue weighted by atomic mass is 14.1. The van der Waals surface area contributed by atoms with Crippen molar-refractivity contribution >= 4 is 17.2 Å². The molecule has 0 nitrogen and oxygen atoms in total. The molecule has 4 aromatic carbocycles. The monoisotopic (exact) mass is 372 g/mol. The van der Waals surface area contributed by atoms with Crippen LogP contribution < -0.4 is 0 Å². The van der Waals surface area contributed by atoms with E-state index in [4.69, 9.17) is 0 Å². The summed E-state index contributed by atoms with van der Waals surface area (Å²) in [6.45, 7) is 0. The van der Waals surface area contributed by atoms with Crippen LogP contribution in [0.25, 0.3) is 17.2 Å². The summed E-state index contributed by atoms with van der Waals surface area (Å²) in [6, 6.07) is 42.5. The number of rotatable bonds is 6. The molecule has 140 valence electrons. The van der Waals surface area contributed by atoms with Gasteiger partial charge in [-0.05, 0) is 39.8 Å². The zero-order valence-corrected chi connectivity index (χ0v) is 16.4. The second-order valence-corrected chi connectivity index (χ2v) is 7.00. The van der Waals surface area contributed by atoms with E-state index in [-0.39, 0.29) is 0 Å². The van der Waals surface area contributed by atoms with Crippen molar-refractivity contribution in [2.45, 2.75) is 6.42 Å². The van der Waals surface area contributed by atoms with Crippen LogP contribution in [0.15, 0.2) is 127 Å². The normalized spacial score (nSPS) is 11.1. The Morgan fingerprint density at radius 3 is 1.38 bits per heavy atom. The maximum Gasteiger partial charge on any atom is -0.00819 e. The highest BCUT2D eigenvalue weighted by Crippen LogP contribution is 2.28. The van der Waals surface area contributed by atoms with Gasteiger partial charge in [0.15, 0.2) is 0 Å². The van der Waals surface area contributed by atoms with E-state index in [1.807, 2.05) is 0 Å². The molecular formula is C29H24. The average molecular weight is 373 g/mol. The first-order valence-corrected chi connectivity index (χ1v) is 10.0. The summed E-state index contributed by atoms with van der Waals surface area (Å²) in [5.74, 6) is 0. The second kappa shape index (κ2) is 9.52. The predicted molar refractivity (Wildman–Crippen MR) is 125 cm³/mol. The summed E-state index contributed by atoms with van der Waals surface area (Å²) in [7, 11) is 0. The highest BCUT2D eigenvalue weighted by molar-refractivity contribution is 5.86. The average Bonchev–Trinajstić information content (AvgIpc) is 2.81. The first-order chi connectivity index (χ1) is 14.4. The lowest BCUT2D eigenvalue weighted by atomic mass is 9.93. The van der Waals surface area contributed by atoms with Gasteiger partial charge in [0.1, 0.15) is 0 Å². The van der Waals surface area contributed by atoms with Crippen LogP contribution in [0.1, 0.15) is 28.7 Å². The van der Waals surface area contributed by atoms with Gasteiger partial charge in [-0.15, -0.1) is 0 Å². The maximum absolute atomic E-state index is 2.35. The molecule has 4 rings (SSSR count). The van der Waals surface area contributed by atoms with Crippen LogP contribution in [0.3, 0.4) is 0 Å². The number of allylic oxidation sites excluding steroid dienone is 2. The van der Waals surface area contributed by atoms with Crippen LogP contribution in [0.2, 0.25) is 0 Å². The van der Waals surface area contributed by atoms with Crippen molar-refractivity contribution in [3.63, 3.8) is 0 Å². The molecule has 0 saturated heterocycles. The number of hydrogen-bond acceptors (Lipinski definition) is 0. The molecule has 0 heterocycles. The molecule has 29 heavy (non-hydrogen) atoms. The van der Waals surface area contributed by atoms with Crippen LogP contribution in [-0.2, 0) is 0 Å². The Balaban J connectivity index is 1.75. The van der Waals surface area contributed by atoms with Crippen molar-refractivity contribution in [3.8, 4) is 0 Å². The molecule has 0 radical (unpaired) electrons. The summed E-state index contributed by atoms with van der Waals surface area (Å²) in [5, 5.41) is 0. The van der Waals surface area contributed by atoms with Crippen molar-refractivity contribution < 1.29 is 0 Å². The SMILES string of the molecule is C(C/C(=C/c1ccccc1)c1ccccc1)=C(c1ccccc1)c1ccccc1. The standard InChI is InChI=1S/C29H24/c1-5-13-24(14-6-1)23-28(25-15-7-2-8-16-25)21-22-29(26-17-9-3-10-18-26)27-19-11-4-12-20-27/h1-20,22-23H,21H2/b28-23-. The lowest BCUT2D eigenvalue weighted by molar-refractivity contribution is 1.39. The zero-order chi connectivity index (χ0) is 19.7. The van der Waals surface area contributed by atoms with Crippen molar-refractivity contribution in [2.24, 2.45) is 0 Å². The molecule has 4 aromatic rings. The topological polar surface area (TPSA) is 0 Å². The molecule has 0 unspecified atom stereocenters. The molecule has 0 aliphatic heterocycles. The van der Waals surface area contributed by atoms with E-state index in [2.05, 4.69) is 133 Å². The van der Waals surface area contributed by atoms with Gasteiger partial charge in [0.2, 0.25) is 0 Å². The molecule has 0 aliphatic carbocycles. The Hall–Kier alpha value is -3.64. The minimum atomic E-state index is 0.859. The predicted octanol–water partition coefficient (Wildman–Crippen LogP) is 7.75. The smallest absolute Gasteiger partial charge is 0.00819 e. The molecule has 0 aliphatic rings. The van der Waals surface area contributed by atoms with Gasteiger partial charge in [0.25, 0.3) is 0 Å². The third-order valence-corrected chi connectivity index (χ3v) is 4.98. The number of benzene rings is 4. The molecule has 0 N–H and O–H groups in total. The van der Waals surface area contributed by atoms with Crippen LogP contribution in [0.4, 0.5) is 0 Å². The van der Waals surface area contributed by atoms with E-state index in [9.17, 15) is 0 Å². The summed E-state index contributed by atoms with van der Waals surface area (Å²) in [5.41, 5.74) is 7.53. The minimum absolute atomic E-state index is 0.859. The lowest BCUT2D eigenvalue weighted by Crippen LogP contribution is -1.90. The molecule has 0 atom stereocenters. The van der Waals surface area contributed by atoms with Gasteiger partial charge in [-0.1, -0.05) is 133 Å². The molecule has 0 bridgehead atoms. The summed E-state index contributed by atoms with van der Waals surface area (Å²) >= 11 is 0. The lowest BCUT2D eigenvalue weighted by Gasteiger charge is -2.11. The third kappa shape index (κ3) is 5.00. The number of hydrogen-bond donors (Lipinski definition) is 0. The fourth-order valence-corrected chi connectivity index (χ4v) is 3.51. The van der Waals surface area contributed by atoms with E-state index in [0.717, 1.165) is 6.42 Å². The van der Waals surface area contributed by atoms with Crippen molar-refractivity contribution in [1.29, 1.82) is 0 Å². The minimum Gasteiger partial charge on any atom is -0.0716 e. The van der Waals surface area contributed by atoms with Gasteiger partial charge in [-0.25, -0.2) is 0 Å². The van der Waals surface area contributed by atoms with E-state index in [1.54, 1.807) is 0 Å². The third-order valence-electron chi connectivity index (χ3n) is 4.98. The van der Waals surface area contributed by atoms with Gasteiger partial charge >= 0.3 is 0 Å². The van der Waals surface area contributed by atoms with Crippen molar-refractivity contribution in [3.05, 3.63) is 150 Å². The van der Waals surface area contributed by atoms with E-state index < -0.39 is 0 Å². The highest BCUT2D eigenvalue weighted by Gasteiger charge is 2.06. The molecule has 0 heteroatoms. The van der Waals surface area contributed by atoms with E-state index in [1.165, 1.54) is 33.4 Å². The first-order valence-electron chi connectivity index (χ1n) is 10.0. The molecule has 0 fully saturated rings. The van der Waals surface area contributed by atoms with Crippen LogP contribution >= 0.6 is 0 Å². The summed E-state index contributed by atoms with van der Waals surface area (Å²) in [4.78, 5) is 0.